The van der Waals surface area contributed by atoms with Crippen LogP contribution in [0.15, 0.2) is 18.2 Å². The zero-order valence-corrected chi connectivity index (χ0v) is 7.74. The van der Waals surface area contributed by atoms with Gasteiger partial charge in [0.2, 0.25) is 0 Å². The van der Waals surface area contributed by atoms with Gasteiger partial charge in [0.05, 0.1) is 15.2 Å². The maximum absolute atomic E-state index is 12.5. The standard InChI is InChI=1S/C9H7F2NS/c1-5-12-8-6(9(10)11)3-2-4-7(8)13-5/h2-4,9H,1H3. The van der Waals surface area contributed by atoms with E-state index in [-0.39, 0.29) is 5.56 Å². The van der Waals surface area contributed by atoms with Crippen LogP contribution < -0.4 is 0 Å². The maximum atomic E-state index is 12.5. The van der Waals surface area contributed by atoms with Crippen molar-refractivity contribution >= 4 is 21.6 Å². The summed E-state index contributed by atoms with van der Waals surface area (Å²) in [4.78, 5) is 4.07. The first-order valence-electron chi connectivity index (χ1n) is 3.82. The van der Waals surface area contributed by atoms with Gasteiger partial charge in [-0.1, -0.05) is 12.1 Å². The first-order chi connectivity index (χ1) is 6.18. The summed E-state index contributed by atoms with van der Waals surface area (Å²) in [5, 5.41) is 0.822. The third-order valence-corrected chi connectivity index (χ3v) is 2.73. The highest BCUT2D eigenvalue weighted by atomic mass is 32.1. The highest BCUT2D eigenvalue weighted by molar-refractivity contribution is 7.18. The van der Waals surface area contributed by atoms with Crippen LogP contribution in [0.5, 0.6) is 0 Å². The molecule has 1 aromatic heterocycles. The number of rotatable bonds is 1. The summed E-state index contributed by atoms with van der Waals surface area (Å²) < 4.78 is 25.8. The number of halogens is 2. The molecule has 0 aliphatic rings. The Labute approximate surface area is 78.0 Å². The first kappa shape index (κ1) is 8.56. The minimum atomic E-state index is -2.44. The number of aromatic nitrogens is 1. The quantitative estimate of drug-likeness (QED) is 0.684. The normalized spacial score (nSPS) is 11.4. The number of benzene rings is 1. The Kier molecular flexibility index (Phi) is 2.00. The Morgan fingerprint density at radius 3 is 2.85 bits per heavy atom. The molecule has 0 unspecified atom stereocenters. The first-order valence-corrected chi connectivity index (χ1v) is 4.64. The molecule has 0 atom stereocenters. The number of hydrogen-bond donors (Lipinski definition) is 0. The zero-order chi connectivity index (χ0) is 9.42. The molecular weight excluding hydrogens is 192 g/mol. The summed E-state index contributed by atoms with van der Waals surface area (Å²) in [5.74, 6) is 0. The van der Waals surface area contributed by atoms with Gasteiger partial charge in [-0.2, -0.15) is 0 Å². The second-order valence-electron chi connectivity index (χ2n) is 2.73. The summed E-state index contributed by atoms with van der Waals surface area (Å²) in [6.07, 6.45) is -2.44. The molecule has 2 aromatic rings. The van der Waals surface area contributed by atoms with Crippen molar-refractivity contribution in [1.82, 2.24) is 4.98 Å². The zero-order valence-electron chi connectivity index (χ0n) is 6.92. The van der Waals surface area contributed by atoms with Gasteiger partial charge in [-0.05, 0) is 13.0 Å². The summed E-state index contributed by atoms with van der Waals surface area (Å²) in [5.41, 5.74) is 0.474. The Balaban J connectivity index is 2.75. The Morgan fingerprint density at radius 2 is 2.15 bits per heavy atom. The minimum absolute atomic E-state index is 0.0295. The number of hydrogen-bond acceptors (Lipinski definition) is 2. The number of thiazole rings is 1. The number of fused-ring (bicyclic) bond motifs is 1. The van der Waals surface area contributed by atoms with Crippen LogP contribution in [0.3, 0.4) is 0 Å². The van der Waals surface area contributed by atoms with E-state index in [1.54, 1.807) is 6.07 Å². The lowest BCUT2D eigenvalue weighted by Crippen LogP contribution is -1.85. The number of aryl methyl sites for hydroxylation is 1. The molecule has 0 saturated carbocycles. The van der Waals surface area contributed by atoms with Crippen molar-refractivity contribution in [3.63, 3.8) is 0 Å². The molecule has 0 fully saturated rings. The highest BCUT2D eigenvalue weighted by Gasteiger charge is 2.13. The smallest absolute Gasteiger partial charge is 0.241 e. The summed E-state index contributed by atoms with van der Waals surface area (Å²) in [7, 11) is 0. The van der Waals surface area contributed by atoms with Crippen molar-refractivity contribution < 1.29 is 8.78 Å². The third-order valence-electron chi connectivity index (χ3n) is 1.79. The second-order valence-corrected chi connectivity index (χ2v) is 3.96. The average Bonchev–Trinajstić information content (AvgIpc) is 2.43. The molecule has 0 bridgehead atoms. The molecule has 1 heterocycles. The van der Waals surface area contributed by atoms with Gasteiger partial charge in [0.25, 0.3) is 6.43 Å². The van der Waals surface area contributed by atoms with E-state index >= 15 is 0 Å². The summed E-state index contributed by atoms with van der Waals surface area (Å²) >= 11 is 1.44. The van der Waals surface area contributed by atoms with E-state index in [1.165, 1.54) is 17.4 Å². The Morgan fingerprint density at radius 1 is 1.38 bits per heavy atom. The second kappa shape index (κ2) is 3.03. The molecule has 4 heteroatoms. The van der Waals surface area contributed by atoms with Crippen LogP contribution in [-0.2, 0) is 0 Å². The van der Waals surface area contributed by atoms with Gasteiger partial charge < -0.3 is 0 Å². The number of para-hydroxylation sites is 1. The highest BCUT2D eigenvalue weighted by Crippen LogP contribution is 2.30. The molecule has 13 heavy (non-hydrogen) atoms. The summed E-state index contributed by atoms with van der Waals surface area (Å²) in [6.45, 7) is 1.82. The van der Waals surface area contributed by atoms with Crippen LogP contribution >= 0.6 is 11.3 Å². The SMILES string of the molecule is Cc1nc2c(C(F)F)cccc2s1. The molecule has 0 aliphatic heterocycles. The van der Waals surface area contributed by atoms with Gasteiger partial charge in [0.1, 0.15) is 0 Å². The number of nitrogens with zero attached hydrogens (tertiary/aromatic N) is 1. The van der Waals surface area contributed by atoms with Gasteiger partial charge in [0.15, 0.2) is 0 Å². The molecule has 1 aromatic carbocycles. The molecule has 0 saturated heterocycles. The van der Waals surface area contributed by atoms with Gasteiger partial charge in [0, 0.05) is 5.56 Å². The lowest BCUT2D eigenvalue weighted by Gasteiger charge is -1.98. The molecule has 68 valence electrons. The van der Waals surface area contributed by atoms with E-state index in [9.17, 15) is 8.78 Å². The van der Waals surface area contributed by atoms with Gasteiger partial charge >= 0.3 is 0 Å². The lowest BCUT2D eigenvalue weighted by atomic mass is 10.2. The Hall–Kier alpha value is -1.03. The van der Waals surface area contributed by atoms with Gasteiger partial charge in [-0.25, -0.2) is 13.8 Å². The van der Waals surface area contributed by atoms with Crippen molar-refractivity contribution in [2.45, 2.75) is 13.3 Å². The lowest BCUT2D eigenvalue weighted by molar-refractivity contribution is 0.153. The fraction of sp³-hybridized carbons (Fsp3) is 0.222. The van der Waals surface area contributed by atoms with Crippen molar-refractivity contribution in [3.05, 3.63) is 28.8 Å². The van der Waals surface area contributed by atoms with E-state index in [4.69, 9.17) is 0 Å². The van der Waals surface area contributed by atoms with Crippen LogP contribution in [0.2, 0.25) is 0 Å². The van der Waals surface area contributed by atoms with Crippen molar-refractivity contribution in [2.75, 3.05) is 0 Å². The topological polar surface area (TPSA) is 12.9 Å². The molecule has 0 radical (unpaired) electrons. The van der Waals surface area contributed by atoms with Crippen LogP contribution in [0.1, 0.15) is 17.0 Å². The Bertz CT molecular complexity index is 436. The van der Waals surface area contributed by atoms with Gasteiger partial charge in [-0.3, -0.25) is 0 Å². The van der Waals surface area contributed by atoms with Gasteiger partial charge in [-0.15, -0.1) is 11.3 Å². The van der Waals surface area contributed by atoms with Crippen molar-refractivity contribution in [1.29, 1.82) is 0 Å². The van der Waals surface area contributed by atoms with E-state index in [1.807, 2.05) is 13.0 Å². The summed E-state index contributed by atoms with van der Waals surface area (Å²) in [6, 6.07) is 4.87. The third kappa shape index (κ3) is 1.42. The molecular formula is C9H7F2NS. The van der Waals surface area contributed by atoms with Crippen LogP contribution in [0, 0.1) is 6.92 Å². The molecule has 1 nitrogen and oxygen atoms in total. The monoisotopic (exact) mass is 199 g/mol. The predicted molar refractivity (Wildman–Crippen MR) is 49.3 cm³/mol. The fourth-order valence-electron chi connectivity index (χ4n) is 1.26. The molecule has 0 amide bonds. The molecule has 0 spiro atoms. The van der Waals surface area contributed by atoms with E-state index in [0.29, 0.717) is 5.52 Å². The van der Waals surface area contributed by atoms with Crippen LogP contribution in [0.4, 0.5) is 8.78 Å². The fourth-order valence-corrected chi connectivity index (χ4v) is 2.12. The molecule has 0 aliphatic carbocycles. The van der Waals surface area contributed by atoms with E-state index < -0.39 is 6.43 Å². The van der Waals surface area contributed by atoms with Crippen molar-refractivity contribution in [2.24, 2.45) is 0 Å². The minimum Gasteiger partial charge on any atom is -0.241 e. The predicted octanol–water partition coefficient (Wildman–Crippen LogP) is 3.54. The van der Waals surface area contributed by atoms with Crippen molar-refractivity contribution in [3.8, 4) is 0 Å². The van der Waals surface area contributed by atoms with Crippen LogP contribution in [-0.4, -0.2) is 4.98 Å². The van der Waals surface area contributed by atoms with E-state index in [0.717, 1.165) is 9.71 Å². The molecule has 2 rings (SSSR count). The molecule has 0 N–H and O–H groups in total. The van der Waals surface area contributed by atoms with E-state index in [2.05, 4.69) is 4.98 Å². The number of alkyl halides is 2. The maximum Gasteiger partial charge on any atom is 0.265 e. The largest absolute Gasteiger partial charge is 0.265 e. The average molecular weight is 199 g/mol. The van der Waals surface area contributed by atoms with Crippen LogP contribution in [0.25, 0.3) is 10.2 Å².